The second-order valence-electron chi connectivity index (χ2n) is 8.66. The Bertz CT molecular complexity index is 1440. The van der Waals surface area contributed by atoms with Crippen LogP contribution in [-0.4, -0.2) is 58.6 Å². The Morgan fingerprint density at radius 3 is 2.74 bits per heavy atom. The number of anilines is 2. The number of nitrogens with zero attached hydrogens (tertiary/aromatic N) is 5. The van der Waals surface area contributed by atoms with Crippen molar-refractivity contribution in [2.75, 3.05) is 44.1 Å². The molecule has 0 unspecified atom stereocenters. The van der Waals surface area contributed by atoms with Crippen molar-refractivity contribution in [1.82, 2.24) is 24.7 Å². The zero-order valence-electron chi connectivity index (χ0n) is 20.4. The second kappa shape index (κ2) is 9.38. The predicted molar refractivity (Wildman–Crippen MR) is 135 cm³/mol. The van der Waals surface area contributed by atoms with Crippen molar-refractivity contribution in [3.8, 4) is 11.4 Å². The van der Waals surface area contributed by atoms with Crippen LogP contribution in [0.2, 0.25) is 0 Å². The van der Waals surface area contributed by atoms with E-state index in [0.717, 1.165) is 34.9 Å². The highest BCUT2D eigenvalue weighted by Crippen LogP contribution is 2.28. The minimum Gasteiger partial charge on any atom is -0.497 e. The lowest BCUT2D eigenvalue weighted by Crippen LogP contribution is -2.33. The van der Waals surface area contributed by atoms with E-state index in [-0.39, 0.29) is 5.56 Å². The average Bonchev–Trinajstić information content (AvgIpc) is 3.20. The van der Waals surface area contributed by atoms with Gasteiger partial charge in [-0.15, -0.1) is 0 Å². The topological polar surface area (TPSA) is 110 Å². The van der Waals surface area contributed by atoms with E-state index in [1.54, 1.807) is 25.0 Å². The molecule has 1 aliphatic rings. The van der Waals surface area contributed by atoms with Gasteiger partial charge >= 0.3 is 0 Å². The van der Waals surface area contributed by atoms with E-state index < -0.39 is 0 Å². The highest BCUT2D eigenvalue weighted by atomic mass is 16.5. The van der Waals surface area contributed by atoms with Crippen molar-refractivity contribution in [3.05, 3.63) is 63.3 Å². The minimum absolute atomic E-state index is 0.211. The molecular weight excluding hydrogens is 446 g/mol. The lowest BCUT2D eigenvalue weighted by molar-refractivity contribution is 0.210. The van der Waals surface area contributed by atoms with Crippen LogP contribution in [0.25, 0.3) is 16.6 Å². The molecule has 0 saturated carbocycles. The lowest BCUT2D eigenvalue weighted by atomic mass is 10.1. The SMILES string of the molecule is COCCNc1ccc2c(n1)CCN(c1nc3cc(OC)cc(-n4nc(C)cc4C)c3c(=O)[nH]1)C2. The summed E-state index contributed by atoms with van der Waals surface area (Å²) in [7, 11) is 3.28. The maximum absolute atomic E-state index is 13.3. The Kier molecular flexibility index (Phi) is 6.12. The predicted octanol–water partition coefficient (Wildman–Crippen LogP) is 2.75. The summed E-state index contributed by atoms with van der Waals surface area (Å²) in [6.07, 6.45) is 0.756. The molecule has 10 heteroatoms. The van der Waals surface area contributed by atoms with Crippen LogP contribution in [-0.2, 0) is 17.7 Å². The second-order valence-corrected chi connectivity index (χ2v) is 8.66. The van der Waals surface area contributed by atoms with Gasteiger partial charge in [0, 0.05) is 56.7 Å². The molecule has 1 aliphatic heterocycles. The largest absolute Gasteiger partial charge is 0.497 e. The van der Waals surface area contributed by atoms with Gasteiger partial charge < -0.3 is 19.7 Å². The van der Waals surface area contributed by atoms with Crippen molar-refractivity contribution in [1.29, 1.82) is 0 Å². The first-order valence-electron chi connectivity index (χ1n) is 11.6. The van der Waals surface area contributed by atoms with E-state index in [2.05, 4.69) is 26.4 Å². The number of aryl methyl sites for hydroxylation is 2. The number of nitrogens with one attached hydrogen (secondary N) is 2. The number of benzene rings is 1. The first-order valence-corrected chi connectivity index (χ1v) is 11.6. The van der Waals surface area contributed by atoms with Crippen LogP contribution in [0.3, 0.4) is 0 Å². The molecule has 0 atom stereocenters. The molecule has 0 fully saturated rings. The molecule has 0 aliphatic carbocycles. The number of aromatic amines is 1. The van der Waals surface area contributed by atoms with Gasteiger partial charge in [0.2, 0.25) is 5.95 Å². The molecular formula is C25H29N7O3. The van der Waals surface area contributed by atoms with Gasteiger partial charge in [-0.25, -0.2) is 14.6 Å². The summed E-state index contributed by atoms with van der Waals surface area (Å²) >= 11 is 0. The van der Waals surface area contributed by atoms with E-state index in [4.69, 9.17) is 19.4 Å². The summed E-state index contributed by atoms with van der Waals surface area (Å²) in [5, 5.41) is 8.32. The Morgan fingerprint density at radius 2 is 2.00 bits per heavy atom. The molecule has 4 aromatic rings. The summed E-state index contributed by atoms with van der Waals surface area (Å²) in [5.41, 5.74) is 4.97. The van der Waals surface area contributed by atoms with Crippen molar-refractivity contribution in [2.24, 2.45) is 0 Å². The van der Waals surface area contributed by atoms with Crippen LogP contribution in [0.15, 0.2) is 35.1 Å². The normalized spacial score (nSPS) is 13.2. The van der Waals surface area contributed by atoms with E-state index in [1.807, 2.05) is 32.0 Å². The number of methoxy groups -OCH3 is 2. The zero-order chi connectivity index (χ0) is 24.5. The molecule has 2 N–H and O–H groups in total. The summed E-state index contributed by atoms with van der Waals surface area (Å²) in [4.78, 5) is 28.0. The van der Waals surface area contributed by atoms with E-state index in [0.29, 0.717) is 54.5 Å². The highest BCUT2D eigenvalue weighted by molar-refractivity contribution is 5.88. The Balaban J connectivity index is 1.49. The third-order valence-corrected chi connectivity index (χ3v) is 6.18. The van der Waals surface area contributed by atoms with E-state index >= 15 is 0 Å². The van der Waals surface area contributed by atoms with Crippen molar-refractivity contribution in [3.63, 3.8) is 0 Å². The monoisotopic (exact) mass is 475 g/mol. The van der Waals surface area contributed by atoms with Crippen molar-refractivity contribution < 1.29 is 9.47 Å². The molecule has 3 aromatic heterocycles. The van der Waals surface area contributed by atoms with Gasteiger partial charge in [0.25, 0.3) is 5.56 Å². The number of fused-ring (bicyclic) bond motifs is 2. The number of pyridine rings is 1. The van der Waals surface area contributed by atoms with Crippen LogP contribution in [0.5, 0.6) is 5.75 Å². The molecule has 10 nitrogen and oxygen atoms in total. The Morgan fingerprint density at radius 1 is 1.14 bits per heavy atom. The molecule has 182 valence electrons. The lowest BCUT2D eigenvalue weighted by Gasteiger charge is -2.29. The smallest absolute Gasteiger partial charge is 0.262 e. The summed E-state index contributed by atoms with van der Waals surface area (Å²) < 4.78 is 12.4. The van der Waals surface area contributed by atoms with Gasteiger partial charge in [0.1, 0.15) is 11.6 Å². The van der Waals surface area contributed by atoms with Crippen LogP contribution in [0.4, 0.5) is 11.8 Å². The first-order chi connectivity index (χ1) is 17.0. The van der Waals surface area contributed by atoms with Gasteiger partial charge in [-0.3, -0.25) is 9.78 Å². The average molecular weight is 476 g/mol. The molecule has 1 aromatic carbocycles. The fraction of sp³-hybridized carbons (Fsp3) is 0.360. The minimum atomic E-state index is -0.211. The fourth-order valence-electron chi connectivity index (χ4n) is 4.50. The summed E-state index contributed by atoms with van der Waals surface area (Å²) in [6.45, 7) is 6.53. The molecule has 0 amide bonds. The molecule has 35 heavy (non-hydrogen) atoms. The third kappa shape index (κ3) is 4.44. The zero-order valence-corrected chi connectivity index (χ0v) is 20.4. The number of hydrogen-bond donors (Lipinski definition) is 2. The third-order valence-electron chi connectivity index (χ3n) is 6.18. The molecule has 0 spiro atoms. The molecule has 4 heterocycles. The highest BCUT2D eigenvalue weighted by Gasteiger charge is 2.22. The molecule has 0 saturated heterocycles. The maximum atomic E-state index is 13.3. The quantitative estimate of drug-likeness (QED) is 0.393. The van der Waals surface area contributed by atoms with Crippen LogP contribution >= 0.6 is 0 Å². The van der Waals surface area contributed by atoms with Crippen LogP contribution in [0.1, 0.15) is 22.6 Å². The molecule has 5 rings (SSSR count). The van der Waals surface area contributed by atoms with Crippen LogP contribution < -0.4 is 20.5 Å². The number of rotatable bonds is 7. The fourth-order valence-corrected chi connectivity index (χ4v) is 4.50. The van der Waals surface area contributed by atoms with Gasteiger partial charge in [-0.05, 0) is 31.5 Å². The summed E-state index contributed by atoms with van der Waals surface area (Å²) in [5.74, 6) is 1.99. The van der Waals surface area contributed by atoms with E-state index in [1.165, 1.54) is 0 Å². The van der Waals surface area contributed by atoms with Gasteiger partial charge in [-0.2, -0.15) is 5.10 Å². The first kappa shape index (κ1) is 22.9. The van der Waals surface area contributed by atoms with Gasteiger partial charge in [-0.1, -0.05) is 6.07 Å². The van der Waals surface area contributed by atoms with E-state index in [9.17, 15) is 4.79 Å². The van der Waals surface area contributed by atoms with Crippen molar-refractivity contribution in [2.45, 2.75) is 26.8 Å². The summed E-state index contributed by atoms with van der Waals surface area (Å²) in [6, 6.07) is 9.63. The number of aromatic nitrogens is 5. The van der Waals surface area contributed by atoms with Crippen molar-refractivity contribution >= 4 is 22.7 Å². The Labute approximate surface area is 202 Å². The molecule has 0 bridgehead atoms. The van der Waals surface area contributed by atoms with Gasteiger partial charge in [0.15, 0.2) is 0 Å². The maximum Gasteiger partial charge on any atom is 0.262 e. The number of hydrogen-bond acceptors (Lipinski definition) is 8. The number of ether oxygens (including phenoxy) is 2. The Hall–Kier alpha value is -3.92. The van der Waals surface area contributed by atoms with Crippen LogP contribution in [0, 0.1) is 13.8 Å². The molecule has 0 radical (unpaired) electrons. The standard InChI is InChI=1S/C25H29N7O3/c1-15-11-16(2)32(30-15)21-13-18(35-4)12-20-23(21)24(33)29-25(28-20)31-9-7-19-17(14-31)5-6-22(27-19)26-8-10-34-3/h5-6,11-13H,7-10,14H2,1-4H3,(H,26,27)(H,28,29,33). The van der Waals surface area contributed by atoms with Gasteiger partial charge in [0.05, 0.1) is 36.0 Å². The number of H-pyrrole nitrogens is 1.